The van der Waals surface area contributed by atoms with Gasteiger partial charge in [0.05, 0.1) is 27.6 Å². The van der Waals surface area contributed by atoms with Crippen LogP contribution in [0.15, 0.2) is 109 Å². The number of hydrogen-bond donors (Lipinski definition) is 0. The fourth-order valence-corrected chi connectivity index (χ4v) is 8.55. The molecule has 50 heavy (non-hydrogen) atoms. The van der Waals surface area contributed by atoms with Crippen LogP contribution in [0.4, 0.5) is 0 Å². The molecule has 6 aromatic carbocycles. The molecule has 0 spiro atoms. The molecule has 2 aliphatic rings. The molecular weight excluding hydrogens is 611 g/mol. The van der Waals surface area contributed by atoms with Crippen molar-refractivity contribution in [3.8, 4) is 28.7 Å². The highest BCUT2D eigenvalue weighted by molar-refractivity contribution is 6.98. The van der Waals surface area contributed by atoms with Crippen molar-refractivity contribution < 1.29 is 9.47 Å². The summed E-state index contributed by atoms with van der Waals surface area (Å²) in [6.45, 7) is 13.5. The lowest BCUT2D eigenvalue weighted by Gasteiger charge is -2.36. The van der Waals surface area contributed by atoms with Crippen LogP contribution in [0.5, 0.6) is 23.0 Å². The average molecular weight is 651 g/mol. The Morgan fingerprint density at radius 3 is 1.76 bits per heavy atom. The van der Waals surface area contributed by atoms with E-state index in [2.05, 4.69) is 167 Å². The summed E-state index contributed by atoms with van der Waals surface area (Å²) in [5.41, 5.74) is 11.7. The van der Waals surface area contributed by atoms with Crippen LogP contribution in [0, 0.1) is 0 Å². The topological polar surface area (TPSA) is 28.3 Å². The van der Waals surface area contributed by atoms with E-state index in [1.807, 2.05) is 0 Å². The fourth-order valence-electron chi connectivity index (χ4n) is 8.55. The van der Waals surface area contributed by atoms with Gasteiger partial charge in [0.25, 0.3) is 6.71 Å². The summed E-state index contributed by atoms with van der Waals surface area (Å²) in [5.74, 6) is 3.62. The summed E-state index contributed by atoms with van der Waals surface area (Å²) in [6.07, 6.45) is 0. The Morgan fingerprint density at radius 1 is 0.540 bits per heavy atom. The Kier molecular flexibility index (Phi) is 5.81. The van der Waals surface area contributed by atoms with Crippen LogP contribution in [-0.2, 0) is 17.9 Å². The van der Waals surface area contributed by atoms with Crippen LogP contribution in [-0.4, -0.2) is 15.8 Å². The highest BCUT2D eigenvalue weighted by atomic mass is 16.5. The van der Waals surface area contributed by atoms with Gasteiger partial charge < -0.3 is 18.6 Å². The molecule has 0 aliphatic carbocycles. The molecule has 5 heteroatoms. The van der Waals surface area contributed by atoms with Gasteiger partial charge in [0, 0.05) is 34.2 Å². The normalized spacial score (nSPS) is 13.8. The maximum atomic E-state index is 7.25. The molecule has 10 rings (SSSR count). The second-order valence-corrected chi connectivity index (χ2v) is 16.3. The third-order valence-electron chi connectivity index (χ3n) is 11.1. The second-order valence-electron chi connectivity index (χ2n) is 16.3. The molecule has 0 N–H and O–H groups in total. The number of rotatable bonds is 1. The van der Waals surface area contributed by atoms with E-state index in [0.29, 0.717) is 0 Å². The standard InChI is InChI=1S/C45H39BN2O2/c1-44(2,3)26-20-21-37-31(22-26)46-32-25-36(48-34-18-12-8-14-28(34)29-15-9-13-19-35(29)48)42-40(30-16-10-11-17-33(30)47(42)7)43(32)50-39-24-27(45(4,5)6)23-38(49-37)41(39)46/h8-25H,1-7H3. The van der Waals surface area contributed by atoms with Crippen molar-refractivity contribution in [3.05, 3.63) is 120 Å². The molecule has 8 aromatic rings. The van der Waals surface area contributed by atoms with E-state index >= 15 is 0 Å². The highest BCUT2D eigenvalue weighted by Gasteiger charge is 2.43. The molecule has 0 atom stereocenters. The first kappa shape index (κ1) is 29.5. The summed E-state index contributed by atoms with van der Waals surface area (Å²) < 4.78 is 18.9. The van der Waals surface area contributed by atoms with Crippen molar-refractivity contribution in [1.29, 1.82) is 0 Å². The zero-order valence-electron chi connectivity index (χ0n) is 29.7. The monoisotopic (exact) mass is 650 g/mol. The first-order valence-electron chi connectivity index (χ1n) is 17.7. The van der Waals surface area contributed by atoms with Gasteiger partial charge in [-0.3, -0.25) is 0 Å². The molecule has 0 fully saturated rings. The van der Waals surface area contributed by atoms with Gasteiger partial charge in [0.15, 0.2) is 0 Å². The zero-order chi connectivity index (χ0) is 34.3. The fraction of sp³-hybridized carbons (Fsp3) is 0.200. The number of hydrogen-bond acceptors (Lipinski definition) is 2. The number of aromatic nitrogens is 2. The molecule has 0 radical (unpaired) electrons. The molecule has 4 heterocycles. The number of fused-ring (bicyclic) bond motifs is 11. The third kappa shape index (κ3) is 3.95. The van der Waals surface area contributed by atoms with Gasteiger partial charge in [0.2, 0.25) is 0 Å². The lowest BCUT2D eigenvalue weighted by Crippen LogP contribution is -2.57. The molecule has 0 saturated heterocycles. The molecule has 0 amide bonds. The van der Waals surface area contributed by atoms with Crippen LogP contribution in [0.2, 0.25) is 0 Å². The minimum absolute atomic E-state index is 0.0179. The van der Waals surface area contributed by atoms with E-state index < -0.39 is 0 Å². The lowest BCUT2D eigenvalue weighted by atomic mass is 9.34. The minimum Gasteiger partial charge on any atom is -0.458 e. The smallest absolute Gasteiger partial charge is 0.260 e. The van der Waals surface area contributed by atoms with Gasteiger partial charge in [-0.2, -0.15) is 0 Å². The van der Waals surface area contributed by atoms with Gasteiger partial charge in [-0.15, -0.1) is 0 Å². The van der Waals surface area contributed by atoms with Crippen molar-refractivity contribution >= 4 is 66.7 Å². The van der Waals surface area contributed by atoms with Crippen LogP contribution in [0.1, 0.15) is 52.7 Å². The molecule has 0 unspecified atom stereocenters. The quantitative estimate of drug-likeness (QED) is 0.166. The van der Waals surface area contributed by atoms with Crippen LogP contribution < -0.4 is 25.9 Å². The molecule has 2 aliphatic heterocycles. The first-order valence-corrected chi connectivity index (χ1v) is 17.7. The van der Waals surface area contributed by atoms with Gasteiger partial charge in [-0.25, -0.2) is 0 Å². The Balaban J connectivity index is 1.39. The highest BCUT2D eigenvalue weighted by Crippen LogP contribution is 2.46. The van der Waals surface area contributed by atoms with Crippen LogP contribution >= 0.6 is 0 Å². The maximum absolute atomic E-state index is 7.25. The van der Waals surface area contributed by atoms with Gasteiger partial charge in [-0.1, -0.05) is 108 Å². The summed E-state index contributed by atoms with van der Waals surface area (Å²) in [5, 5.41) is 4.83. The SMILES string of the molecule is Cn1c2ccccc2c2c3c(cc(-n4c5ccccc5c5ccccc54)c21)B1c2cc(C(C)(C)C)ccc2Oc2cc(C(C)(C)C)cc(c21)O3. The molecular formula is C45H39BN2O2. The van der Waals surface area contributed by atoms with Crippen molar-refractivity contribution in [2.24, 2.45) is 7.05 Å². The second kappa shape index (κ2) is 9.85. The summed E-state index contributed by atoms with van der Waals surface area (Å²) >= 11 is 0. The summed E-state index contributed by atoms with van der Waals surface area (Å²) in [6, 6.07) is 40.0. The minimum atomic E-state index is -0.0838. The molecule has 0 saturated carbocycles. The van der Waals surface area contributed by atoms with E-state index in [9.17, 15) is 0 Å². The summed E-state index contributed by atoms with van der Waals surface area (Å²) in [4.78, 5) is 0. The summed E-state index contributed by atoms with van der Waals surface area (Å²) in [7, 11) is 2.19. The Bertz CT molecular complexity index is 2700. The molecule has 4 nitrogen and oxygen atoms in total. The maximum Gasteiger partial charge on any atom is 0.260 e. The van der Waals surface area contributed by atoms with E-state index in [1.54, 1.807) is 0 Å². The lowest BCUT2D eigenvalue weighted by molar-refractivity contribution is 0.460. The van der Waals surface area contributed by atoms with Gasteiger partial charge in [0.1, 0.15) is 23.0 Å². The zero-order valence-corrected chi connectivity index (χ0v) is 29.7. The average Bonchev–Trinajstić information content (AvgIpc) is 3.59. The van der Waals surface area contributed by atoms with Gasteiger partial charge >= 0.3 is 0 Å². The Labute approximate surface area is 292 Å². The number of benzene rings is 6. The third-order valence-corrected chi connectivity index (χ3v) is 11.1. The van der Waals surface area contributed by atoms with Crippen molar-refractivity contribution in [2.45, 2.75) is 52.4 Å². The van der Waals surface area contributed by atoms with E-state index in [1.165, 1.54) is 54.8 Å². The van der Waals surface area contributed by atoms with Crippen molar-refractivity contribution in [3.63, 3.8) is 0 Å². The van der Waals surface area contributed by atoms with E-state index in [-0.39, 0.29) is 17.5 Å². The number of ether oxygens (including phenoxy) is 2. The Morgan fingerprint density at radius 2 is 1.12 bits per heavy atom. The van der Waals surface area contributed by atoms with Crippen molar-refractivity contribution in [2.75, 3.05) is 0 Å². The van der Waals surface area contributed by atoms with Gasteiger partial charge in [-0.05, 0) is 75.3 Å². The van der Waals surface area contributed by atoms with Crippen LogP contribution in [0.25, 0.3) is 49.3 Å². The molecule has 0 bridgehead atoms. The largest absolute Gasteiger partial charge is 0.458 e. The van der Waals surface area contributed by atoms with Crippen LogP contribution in [0.3, 0.4) is 0 Å². The number of aryl methyl sites for hydroxylation is 1. The molecule has 244 valence electrons. The molecule has 2 aromatic heterocycles. The number of para-hydroxylation sites is 3. The Hall–Kier alpha value is -5.42. The predicted octanol–water partition coefficient (Wildman–Crippen LogP) is 9.75. The van der Waals surface area contributed by atoms with E-state index in [4.69, 9.17) is 9.47 Å². The first-order chi connectivity index (χ1) is 24.0. The van der Waals surface area contributed by atoms with Crippen molar-refractivity contribution in [1.82, 2.24) is 9.13 Å². The number of nitrogens with zero attached hydrogens (tertiary/aromatic N) is 2. The predicted molar refractivity (Wildman–Crippen MR) is 210 cm³/mol. The van der Waals surface area contributed by atoms with E-state index in [0.717, 1.165) is 45.1 Å².